The number of carbonyl (C=O) groups excluding carboxylic acids is 1. The Balaban J connectivity index is 1.03. The third-order valence-corrected chi connectivity index (χ3v) is 19.8. The molecule has 2 heterocycles. The van der Waals surface area contributed by atoms with Crippen LogP contribution in [0.2, 0.25) is 0 Å². The van der Waals surface area contributed by atoms with Gasteiger partial charge in [0.25, 0.3) is 0 Å². The van der Waals surface area contributed by atoms with E-state index in [0.717, 1.165) is 75.1 Å². The number of rotatable bonds is 11. The fourth-order valence-electron chi connectivity index (χ4n) is 14.7. The number of carboxylic acids is 1. The molecule has 1 aromatic rings. The van der Waals surface area contributed by atoms with Gasteiger partial charge in [-0.1, -0.05) is 45.1 Å². The summed E-state index contributed by atoms with van der Waals surface area (Å²) in [5, 5.41) is 13.3. The molecule has 2 N–H and O–H groups in total. The minimum Gasteiger partial charge on any atom is -0.478 e. The van der Waals surface area contributed by atoms with Crippen LogP contribution in [0, 0.1) is 51.2 Å². The van der Waals surface area contributed by atoms with Crippen molar-refractivity contribution in [3.63, 3.8) is 0 Å². The Morgan fingerprint density at radius 2 is 1.60 bits per heavy atom. The van der Waals surface area contributed by atoms with E-state index in [4.69, 9.17) is 0 Å². The van der Waals surface area contributed by atoms with Crippen LogP contribution in [0.4, 0.5) is 0 Å². The standard InChI is InChI=1S/C47H73N3O4S/c1-33(2)36-18-21-47(32-48-25-9-26-49-28-30-55(8,54)31-29-49)23-22-45(6)37(41(36)47)15-16-39-44(5)24-27-50(43(3,4)38(44)19-20-46(39,45)7)40(51)17-12-34-10-13-35(14-11-34)42(52)53/h10-11,13-14,36-39,41,48H,1,8-9,12,15-32H2,2-7H3,(H,52,53)/t36-,37+,38-,39+,41+,44-,45+,46+,47+/m0/s1. The summed E-state index contributed by atoms with van der Waals surface area (Å²) in [4.78, 5) is 30.0. The van der Waals surface area contributed by atoms with Crippen LogP contribution in [0.15, 0.2) is 36.4 Å². The van der Waals surface area contributed by atoms with Gasteiger partial charge in [-0.2, -0.15) is 0 Å². The van der Waals surface area contributed by atoms with Gasteiger partial charge in [0.1, 0.15) is 0 Å². The third kappa shape index (κ3) is 7.08. The van der Waals surface area contributed by atoms with Crippen molar-refractivity contribution >= 4 is 27.3 Å². The fourth-order valence-corrected chi connectivity index (χ4v) is 16.1. The van der Waals surface area contributed by atoms with Crippen LogP contribution in [0.5, 0.6) is 0 Å². The maximum atomic E-state index is 14.0. The number of carbonyl (C=O) groups is 2. The molecule has 306 valence electrons. The average molecular weight is 776 g/mol. The van der Waals surface area contributed by atoms with E-state index in [2.05, 4.69) is 69.1 Å². The zero-order chi connectivity index (χ0) is 39.6. The van der Waals surface area contributed by atoms with Crippen molar-refractivity contribution in [1.82, 2.24) is 15.1 Å². The lowest BCUT2D eigenvalue weighted by Gasteiger charge is -2.73. The van der Waals surface area contributed by atoms with Crippen LogP contribution in [0.1, 0.15) is 128 Å². The molecule has 2 saturated heterocycles. The highest BCUT2D eigenvalue weighted by molar-refractivity contribution is 8.00. The second-order valence-electron chi connectivity index (χ2n) is 20.7. The molecule has 0 spiro atoms. The SMILES string of the molecule is C=C(C)[C@@H]1CC[C@]2(CNCCCN3CCS(=C)(=O)CC3)CC[C@]3(C)[C@H](CC[C@@H]4[C@@]5(C)CCN(C(=O)CCc6ccc(C(=O)O)cc6)C(C)(C)[C@@H]5CC[C@]43C)[C@@H]12. The smallest absolute Gasteiger partial charge is 0.335 e. The summed E-state index contributed by atoms with van der Waals surface area (Å²) in [5.41, 5.74) is 3.63. The average Bonchev–Trinajstić information content (AvgIpc) is 3.51. The monoisotopic (exact) mass is 776 g/mol. The Hall–Kier alpha value is -2.16. The van der Waals surface area contributed by atoms with Gasteiger partial charge in [-0.05, 0) is 189 Å². The lowest BCUT2D eigenvalue weighted by atomic mass is 9.33. The predicted octanol–water partition coefficient (Wildman–Crippen LogP) is 8.18. The molecule has 8 heteroatoms. The van der Waals surface area contributed by atoms with E-state index in [-0.39, 0.29) is 27.8 Å². The number of carboxylic acid groups (broad SMARTS) is 1. The van der Waals surface area contributed by atoms with Crippen LogP contribution in [-0.2, 0) is 20.7 Å². The number of likely N-dealkylation sites (tertiary alicyclic amines) is 1. The summed E-state index contributed by atoms with van der Waals surface area (Å²) in [7, 11) is -1.84. The van der Waals surface area contributed by atoms with Crippen LogP contribution in [-0.4, -0.2) is 93.2 Å². The van der Waals surface area contributed by atoms with Gasteiger partial charge in [0.15, 0.2) is 0 Å². The van der Waals surface area contributed by atoms with Crippen molar-refractivity contribution in [3.8, 4) is 0 Å². The molecule has 9 atom stereocenters. The van der Waals surface area contributed by atoms with Gasteiger partial charge in [-0.25, -0.2) is 4.79 Å². The van der Waals surface area contributed by atoms with Crippen molar-refractivity contribution in [2.75, 3.05) is 50.8 Å². The Bertz CT molecular complexity index is 1730. The van der Waals surface area contributed by atoms with Gasteiger partial charge in [0.05, 0.1) is 5.56 Å². The van der Waals surface area contributed by atoms with E-state index in [1.165, 1.54) is 56.9 Å². The number of hydrogen-bond acceptors (Lipinski definition) is 5. The van der Waals surface area contributed by atoms with Crippen molar-refractivity contribution < 1.29 is 18.9 Å². The van der Waals surface area contributed by atoms with E-state index in [1.807, 2.05) is 12.1 Å². The molecule has 7 nitrogen and oxygen atoms in total. The minimum absolute atomic E-state index is 0.200. The molecule has 6 aliphatic rings. The van der Waals surface area contributed by atoms with Crippen molar-refractivity contribution in [2.24, 2.45) is 51.2 Å². The van der Waals surface area contributed by atoms with Crippen molar-refractivity contribution in [3.05, 3.63) is 47.5 Å². The summed E-state index contributed by atoms with van der Waals surface area (Å²) in [6.45, 7) is 25.7. The molecule has 0 bridgehead atoms. The minimum atomic E-state index is -1.84. The third-order valence-electron chi connectivity index (χ3n) is 17.9. The summed E-state index contributed by atoms with van der Waals surface area (Å²) in [5.74, 6) is 7.93. The lowest BCUT2D eigenvalue weighted by molar-refractivity contribution is -0.240. The number of fused-ring (bicyclic) bond motifs is 7. The van der Waals surface area contributed by atoms with E-state index < -0.39 is 15.5 Å². The molecule has 7 rings (SSSR count). The summed E-state index contributed by atoms with van der Waals surface area (Å²) in [6.07, 6.45) is 13.6. The number of allylic oxidation sites excluding steroid dienone is 1. The Morgan fingerprint density at radius 1 is 0.891 bits per heavy atom. The highest BCUT2D eigenvalue weighted by Crippen LogP contribution is 2.76. The highest BCUT2D eigenvalue weighted by atomic mass is 32.2. The molecule has 4 saturated carbocycles. The quantitative estimate of drug-likeness (QED) is 0.134. The maximum absolute atomic E-state index is 14.0. The number of piperidine rings is 1. The molecule has 6 fully saturated rings. The number of aromatic carboxylic acids is 1. The topological polar surface area (TPSA) is 90.0 Å². The number of aryl methyl sites for hydroxylation is 1. The van der Waals surface area contributed by atoms with Gasteiger partial charge in [-0.3, -0.25) is 9.00 Å². The van der Waals surface area contributed by atoms with E-state index in [0.29, 0.717) is 47.3 Å². The Morgan fingerprint density at radius 3 is 2.27 bits per heavy atom. The number of benzene rings is 1. The number of nitrogens with zero attached hydrogens (tertiary/aromatic N) is 2. The molecule has 2 aliphatic heterocycles. The van der Waals surface area contributed by atoms with Crippen LogP contribution < -0.4 is 5.32 Å². The lowest BCUT2D eigenvalue weighted by Crippen LogP contribution is -2.70. The molecule has 1 amide bonds. The predicted molar refractivity (Wildman–Crippen MR) is 227 cm³/mol. The number of amides is 1. The molecular weight excluding hydrogens is 703 g/mol. The normalized spacial score (nSPS) is 39.3. The second kappa shape index (κ2) is 14.9. The van der Waals surface area contributed by atoms with E-state index in [1.54, 1.807) is 12.1 Å². The zero-order valence-corrected chi connectivity index (χ0v) is 36.0. The Kier molecular flexibility index (Phi) is 11.1. The molecule has 4 aliphatic carbocycles. The summed E-state index contributed by atoms with van der Waals surface area (Å²) < 4.78 is 12.3. The molecule has 1 aromatic carbocycles. The highest BCUT2D eigenvalue weighted by Gasteiger charge is 2.70. The van der Waals surface area contributed by atoms with Crippen LogP contribution in [0.3, 0.4) is 0 Å². The zero-order valence-electron chi connectivity index (χ0n) is 35.2. The number of hydrogen-bond donors (Lipinski definition) is 2. The molecule has 0 aromatic heterocycles. The first-order valence-electron chi connectivity index (χ1n) is 21.9. The van der Waals surface area contributed by atoms with Gasteiger partial charge < -0.3 is 20.2 Å². The first kappa shape index (κ1) is 41.0. The largest absolute Gasteiger partial charge is 0.478 e. The number of nitrogens with one attached hydrogen (secondary N) is 1. The molecule has 55 heavy (non-hydrogen) atoms. The van der Waals surface area contributed by atoms with Crippen LogP contribution >= 0.6 is 0 Å². The first-order chi connectivity index (χ1) is 25.9. The first-order valence-corrected chi connectivity index (χ1v) is 24.0. The van der Waals surface area contributed by atoms with Gasteiger partial charge in [0, 0.05) is 49.6 Å². The van der Waals surface area contributed by atoms with E-state index in [9.17, 15) is 18.9 Å². The second-order valence-corrected chi connectivity index (χ2v) is 23.5. The van der Waals surface area contributed by atoms with Crippen molar-refractivity contribution in [2.45, 2.75) is 124 Å². The van der Waals surface area contributed by atoms with Crippen molar-refractivity contribution in [1.29, 1.82) is 0 Å². The van der Waals surface area contributed by atoms with Gasteiger partial charge in [-0.15, -0.1) is 0 Å². The maximum Gasteiger partial charge on any atom is 0.335 e. The Labute approximate surface area is 333 Å². The van der Waals surface area contributed by atoms with E-state index >= 15 is 0 Å². The van der Waals surface area contributed by atoms with Gasteiger partial charge in [0.2, 0.25) is 5.91 Å². The summed E-state index contributed by atoms with van der Waals surface area (Å²) >= 11 is 0. The molecule has 0 radical (unpaired) electrons. The van der Waals surface area contributed by atoms with Crippen LogP contribution in [0.25, 0.3) is 0 Å². The molecular formula is C47H73N3O4S. The fraction of sp³-hybridized carbons (Fsp3) is 0.766. The molecule has 0 unspecified atom stereocenters. The summed E-state index contributed by atoms with van der Waals surface area (Å²) in [6, 6.07) is 7.00. The van der Waals surface area contributed by atoms with Gasteiger partial charge >= 0.3 is 5.97 Å².